The lowest BCUT2D eigenvalue weighted by atomic mass is 9.87. The first-order valence-corrected chi connectivity index (χ1v) is 10.3. The van der Waals surface area contributed by atoms with Gasteiger partial charge in [-0.3, -0.25) is 14.9 Å². The van der Waals surface area contributed by atoms with E-state index in [0.717, 1.165) is 38.8 Å². The first-order chi connectivity index (χ1) is 13.6. The Bertz CT molecular complexity index is 837. The molecule has 3 fully saturated rings. The summed E-state index contributed by atoms with van der Waals surface area (Å²) in [6.45, 7) is 2.31. The van der Waals surface area contributed by atoms with Crippen LogP contribution in [-0.4, -0.2) is 54.0 Å². The van der Waals surface area contributed by atoms with Gasteiger partial charge in [-0.05, 0) is 49.7 Å². The quantitative estimate of drug-likeness (QED) is 0.772. The van der Waals surface area contributed by atoms with Crippen LogP contribution < -0.4 is 15.5 Å². The zero-order valence-corrected chi connectivity index (χ0v) is 15.9. The molecule has 0 bridgehead atoms. The Morgan fingerprint density at radius 1 is 1.11 bits per heavy atom. The lowest BCUT2D eigenvalue weighted by Gasteiger charge is -2.27. The molecule has 2 N–H and O–H groups in total. The summed E-state index contributed by atoms with van der Waals surface area (Å²) in [7, 11) is 0. The number of benzene rings is 1. The molecule has 5 rings (SSSR count). The maximum atomic E-state index is 12.9. The van der Waals surface area contributed by atoms with Crippen molar-refractivity contribution in [2.24, 2.45) is 5.92 Å². The Hall–Kier alpha value is -2.57. The fraction of sp³-hybridized carbons (Fsp3) is 0.571. The predicted octanol–water partition coefficient (Wildman–Crippen LogP) is 1.42. The summed E-state index contributed by atoms with van der Waals surface area (Å²) in [5.41, 5.74) is 1.83. The second-order valence-electron chi connectivity index (χ2n) is 8.50. The topological polar surface area (TPSA) is 81.8 Å². The number of urea groups is 1. The Balaban J connectivity index is 1.22. The van der Waals surface area contributed by atoms with Gasteiger partial charge in [0, 0.05) is 37.8 Å². The summed E-state index contributed by atoms with van der Waals surface area (Å²) < 4.78 is 0. The molecule has 1 aromatic rings. The predicted molar refractivity (Wildman–Crippen MR) is 104 cm³/mol. The Labute approximate surface area is 164 Å². The summed E-state index contributed by atoms with van der Waals surface area (Å²) in [6.07, 6.45) is 4.57. The molecule has 1 unspecified atom stereocenters. The number of hydrogen-bond donors (Lipinski definition) is 2. The highest BCUT2D eigenvalue weighted by Gasteiger charge is 2.55. The maximum absolute atomic E-state index is 12.9. The summed E-state index contributed by atoms with van der Waals surface area (Å²) in [4.78, 5) is 41.3. The number of nitrogens with one attached hydrogen (secondary N) is 2. The normalized spacial score (nSPS) is 29.1. The van der Waals surface area contributed by atoms with Crippen LogP contribution in [-0.2, 0) is 16.0 Å². The number of rotatable bonds is 4. The molecule has 1 aromatic carbocycles. The lowest BCUT2D eigenvalue weighted by Crippen LogP contribution is -2.50. The van der Waals surface area contributed by atoms with Crippen LogP contribution in [0.4, 0.5) is 10.5 Å². The minimum Gasteiger partial charge on any atom is -0.366 e. The molecule has 7 heteroatoms. The molecule has 1 aliphatic carbocycles. The maximum Gasteiger partial charge on any atom is 0.322 e. The van der Waals surface area contributed by atoms with E-state index in [2.05, 4.69) is 39.8 Å². The van der Waals surface area contributed by atoms with Crippen LogP contribution in [0.5, 0.6) is 0 Å². The summed E-state index contributed by atoms with van der Waals surface area (Å²) in [6, 6.07) is 8.58. The molecule has 7 nitrogen and oxygen atoms in total. The number of hydrogen-bond acceptors (Lipinski definition) is 4. The smallest absolute Gasteiger partial charge is 0.322 e. The van der Waals surface area contributed by atoms with Crippen LogP contribution in [0.3, 0.4) is 0 Å². The van der Waals surface area contributed by atoms with Crippen molar-refractivity contribution in [1.82, 2.24) is 15.5 Å². The highest BCUT2D eigenvalue weighted by atomic mass is 16.2. The van der Waals surface area contributed by atoms with E-state index in [1.807, 2.05) is 4.90 Å². The standard InChI is InChI=1S/C21H26N4O3/c26-18(7-9-21(15-5-6-15)19(27)22-20(28)23-21)24-10-8-16-13-14-3-1-2-4-17(14)25(16)12-11-24/h1-4,15-16H,5-13H2,(H2,22,23,27,28)/t16?,21-/m0/s1. The SMILES string of the molecule is O=C1NC(=O)[C@](CCC(=O)N2CCC3Cc4ccccc4N3CC2)(C2CC2)N1. The number of amides is 4. The zero-order chi connectivity index (χ0) is 19.3. The number of para-hydroxylation sites is 1. The molecular formula is C21H26N4O3. The second kappa shape index (κ2) is 6.50. The fourth-order valence-electron chi connectivity index (χ4n) is 5.19. The average molecular weight is 382 g/mol. The van der Waals surface area contributed by atoms with E-state index in [1.165, 1.54) is 11.3 Å². The molecule has 4 aliphatic rings. The number of fused-ring (bicyclic) bond motifs is 3. The lowest BCUT2D eigenvalue weighted by molar-refractivity contribution is -0.132. The second-order valence-corrected chi connectivity index (χ2v) is 8.50. The Morgan fingerprint density at radius 2 is 1.93 bits per heavy atom. The third-order valence-corrected chi connectivity index (χ3v) is 6.87. The molecule has 1 saturated carbocycles. The van der Waals surface area contributed by atoms with Gasteiger partial charge in [0.25, 0.3) is 5.91 Å². The molecule has 0 radical (unpaired) electrons. The number of carbonyl (C=O) groups excluding carboxylic acids is 3. The first kappa shape index (κ1) is 17.5. The van der Waals surface area contributed by atoms with Crippen molar-refractivity contribution < 1.29 is 14.4 Å². The number of carbonyl (C=O) groups is 3. The third-order valence-electron chi connectivity index (χ3n) is 6.87. The van der Waals surface area contributed by atoms with Crippen molar-refractivity contribution >= 4 is 23.5 Å². The van der Waals surface area contributed by atoms with Gasteiger partial charge in [-0.25, -0.2) is 4.79 Å². The van der Waals surface area contributed by atoms with Crippen LogP contribution in [0.2, 0.25) is 0 Å². The molecule has 2 saturated heterocycles. The van der Waals surface area contributed by atoms with Crippen LogP contribution in [0.15, 0.2) is 24.3 Å². The van der Waals surface area contributed by atoms with Gasteiger partial charge in [-0.2, -0.15) is 0 Å². The fourth-order valence-corrected chi connectivity index (χ4v) is 5.19. The van der Waals surface area contributed by atoms with E-state index in [1.54, 1.807) is 0 Å². The summed E-state index contributed by atoms with van der Waals surface area (Å²) >= 11 is 0. The molecule has 4 amide bonds. The summed E-state index contributed by atoms with van der Waals surface area (Å²) in [5, 5.41) is 5.17. The highest BCUT2D eigenvalue weighted by Crippen LogP contribution is 2.44. The number of anilines is 1. The van der Waals surface area contributed by atoms with E-state index in [9.17, 15) is 14.4 Å². The van der Waals surface area contributed by atoms with Gasteiger partial charge in [0.1, 0.15) is 5.54 Å². The molecule has 3 heterocycles. The average Bonchev–Trinajstić information content (AvgIpc) is 3.45. The van der Waals surface area contributed by atoms with Crippen molar-refractivity contribution in [3.05, 3.63) is 29.8 Å². The summed E-state index contributed by atoms with van der Waals surface area (Å²) in [5.74, 6) is -0.0118. The van der Waals surface area contributed by atoms with Gasteiger partial charge < -0.3 is 15.1 Å². The van der Waals surface area contributed by atoms with Crippen LogP contribution in [0.1, 0.15) is 37.7 Å². The highest BCUT2D eigenvalue weighted by molar-refractivity contribution is 6.07. The molecule has 0 aromatic heterocycles. The molecular weight excluding hydrogens is 356 g/mol. The number of imide groups is 1. The minimum absolute atomic E-state index is 0.0865. The number of nitrogens with zero attached hydrogens (tertiary/aromatic N) is 2. The van der Waals surface area contributed by atoms with Gasteiger partial charge in [0.2, 0.25) is 5.91 Å². The molecule has 148 valence electrons. The van der Waals surface area contributed by atoms with E-state index in [0.29, 0.717) is 25.4 Å². The molecule has 3 aliphatic heterocycles. The van der Waals surface area contributed by atoms with Gasteiger partial charge >= 0.3 is 6.03 Å². The molecule has 0 spiro atoms. The first-order valence-electron chi connectivity index (χ1n) is 10.3. The third kappa shape index (κ3) is 2.84. The Kier molecular flexibility index (Phi) is 4.07. The van der Waals surface area contributed by atoms with Crippen LogP contribution in [0, 0.1) is 5.92 Å². The van der Waals surface area contributed by atoms with Gasteiger partial charge in [-0.1, -0.05) is 18.2 Å². The van der Waals surface area contributed by atoms with E-state index in [4.69, 9.17) is 0 Å². The van der Waals surface area contributed by atoms with Crippen molar-refractivity contribution in [2.75, 3.05) is 24.5 Å². The van der Waals surface area contributed by atoms with Gasteiger partial charge in [0.15, 0.2) is 0 Å². The van der Waals surface area contributed by atoms with Crippen molar-refractivity contribution in [2.45, 2.75) is 50.1 Å². The minimum atomic E-state index is -0.877. The van der Waals surface area contributed by atoms with Gasteiger partial charge in [-0.15, -0.1) is 0 Å². The largest absolute Gasteiger partial charge is 0.366 e. The monoisotopic (exact) mass is 382 g/mol. The van der Waals surface area contributed by atoms with Crippen molar-refractivity contribution in [1.29, 1.82) is 0 Å². The van der Waals surface area contributed by atoms with E-state index < -0.39 is 11.6 Å². The van der Waals surface area contributed by atoms with Crippen molar-refractivity contribution in [3.8, 4) is 0 Å². The van der Waals surface area contributed by atoms with Crippen LogP contribution >= 0.6 is 0 Å². The van der Waals surface area contributed by atoms with E-state index in [-0.39, 0.29) is 17.7 Å². The van der Waals surface area contributed by atoms with Crippen molar-refractivity contribution in [3.63, 3.8) is 0 Å². The van der Waals surface area contributed by atoms with Crippen LogP contribution in [0.25, 0.3) is 0 Å². The molecule has 28 heavy (non-hydrogen) atoms. The Morgan fingerprint density at radius 3 is 2.68 bits per heavy atom. The molecule has 2 atom stereocenters. The van der Waals surface area contributed by atoms with Gasteiger partial charge in [0.05, 0.1) is 0 Å². The zero-order valence-electron chi connectivity index (χ0n) is 15.9. The van der Waals surface area contributed by atoms with E-state index >= 15 is 0 Å².